The van der Waals surface area contributed by atoms with E-state index in [1.54, 1.807) is 11.1 Å². The number of azo groups is 1. The van der Waals surface area contributed by atoms with Gasteiger partial charge < -0.3 is 19.9 Å². The van der Waals surface area contributed by atoms with Crippen LogP contribution in [-0.2, 0) is 4.74 Å². The van der Waals surface area contributed by atoms with Crippen molar-refractivity contribution in [3.63, 3.8) is 0 Å². The maximum absolute atomic E-state index is 13.6. The quantitative estimate of drug-likeness (QED) is 0.652. The number of anilines is 2. The van der Waals surface area contributed by atoms with Crippen LogP contribution >= 0.6 is 0 Å². The molecule has 1 unspecified atom stereocenters. The third-order valence-electron chi connectivity index (χ3n) is 7.51. The number of urea groups is 1. The standard InChI is InChI=1S/C27H31N7O3/c1-2-32-10-12-33(13-11-32)19-8-6-18(7-9-19)24-23-25(30-29-24)20-4-3-5-21(22(20)26(23)35)28-27(36)31-34-14-16-37-17-15-34/h3-9,25H,2,10-17H2,1H3,(H2,28,31,36). The Morgan fingerprint density at radius 1 is 1.03 bits per heavy atom. The highest BCUT2D eigenvalue weighted by Crippen LogP contribution is 2.49. The SMILES string of the molecule is CCN1CCN(c2ccc(C3=C4C(=O)c5c(NC(=O)NN6CCOCC6)cccc5C4N=N3)cc2)CC1. The fraction of sp³-hybridized carbons (Fsp3) is 0.407. The number of benzene rings is 2. The number of amides is 2. The highest BCUT2D eigenvalue weighted by molar-refractivity contribution is 6.22. The zero-order valence-corrected chi connectivity index (χ0v) is 20.9. The molecule has 0 saturated carbocycles. The van der Waals surface area contributed by atoms with Crippen molar-refractivity contribution in [3.8, 4) is 0 Å². The van der Waals surface area contributed by atoms with Gasteiger partial charge in [0.2, 0.25) is 0 Å². The summed E-state index contributed by atoms with van der Waals surface area (Å²) in [5.74, 6) is -0.137. The van der Waals surface area contributed by atoms with Crippen LogP contribution in [0.3, 0.4) is 0 Å². The van der Waals surface area contributed by atoms with Gasteiger partial charge in [0.15, 0.2) is 5.78 Å². The summed E-state index contributed by atoms with van der Waals surface area (Å²) in [6.45, 7) is 9.80. The number of carbonyl (C=O) groups is 2. The van der Waals surface area contributed by atoms with Gasteiger partial charge in [-0.25, -0.2) is 9.80 Å². The molecule has 2 fully saturated rings. The zero-order valence-electron chi connectivity index (χ0n) is 20.9. The smallest absolute Gasteiger partial charge is 0.333 e. The van der Waals surface area contributed by atoms with E-state index in [4.69, 9.17) is 4.74 Å². The number of ketones is 1. The van der Waals surface area contributed by atoms with Crippen molar-refractivity contribution >= 4 is 28.9 Å². The molecule has 1 atom stereocenters. The van der Waals surface area contributed by atoms with Crippen LogP contribution in [0, 0.1) is 0 Å². The summed E-state index contributed by atoms with van der Waals surface area (Å²) in [6, 6.07) is 12.9. The number of likely N-dealkylation sites (N-methyl/N-ethyl adjacent to an activating group) is 1. The van der Waals surface area contributed by atoms with Gasteiger partial charge in [0.1, 0.15) is 11.7 Å². The Labute approximate surface area is 215 Å². The van der Waals surface area contributed by atoms with E-state index in [-0.39, 0.29) is 11.8 Å². The van der Waals surface area contributed by atoms with E-state index < -0.39 is 6.04 Å². The van der Waals surface area contributed by atoms with Crippen molar-refractivity contribution in [2.75, 3.05) is 69.2 Å². The Hall–Kier alpha value is -3.60. The molecule has 4 aliphatic rings. The van der Waals surface area contributed by atoms with Crippen LogP contribution in [0.15, 0.2) is 58.3 Å². The molecule has 192 valence electrons. The maximum atomic E-state index is 13.6. The lowest BCUT2D eigenvalue weighted by Crippen LogP contribution is -2.49. The van der Waals surface area contributed by atoms with Crippen molar-refractivity contribution in [2.45, 2.75) is 13.0 Å². The van der Waals surface area contributed by atoms with Gasteiger partial charge in [0, 0.05) is 50.5 Å². The second-order valence-electron chi connectivity index (χ2n) is 9.61. The summed E-state index contributed by atoms with van der Waals surface area (Å²) in [5, 5.41) is 13.5. The van der Waals surface area contributed by atoms with Crippen molar-refractivity contribution in [3.05, 3.63) is 64.7 Å². The molecule has 2 N–H and O–H groups in total. The number of hydrogen-bond donors (Lipinski definition) is 2. The first-order valence-corrected chi connectivity index (χ1v) is 12.9. The molecule has 0 aromatic heterocycles. The Morgan fingerprint density at radius 3 is 2.51 bits per heavy atom. The fourth-order valence-corrected chi connectivity index (χ4v) is 5.43. The first-order chi connectivity index (χ1) is 18.1. The van der Waals surface area contributed by atoms with Gasteiger partial charge in [-0.15, -0.1) is 0 Å². The summed E-state index contributed by atoms with van der Waals surface area (Å²) in [5.41, 5.74) is 7.79. The molecular weight excluding hydrogens is 470 g/mol. The highest BCUT2D eigenvalue weighted by atomic mass is 16.5. The number of rotatable bonds is 5. The number of ether oxygens (including phenoxy) is 1. The van der Waals surface area contributed by atoms with Crippen molar-refractivity contribution in [1.82, 2.24) is 15.3 Å². The number of hydrogen-bond acceptors (Lipinski definition) is 8. The summed E-state index contributed by atoms with van der Waals surface area (Å²) in [4.78, 5) is 31.1. The number of morpholine rings is 1. The molecule has 2 aromatic carbocycles. The molecule has 10 heteroatoms. The maximum Gasteiger partial charge on any atom is 0.333 e. The third kappa shape index (κ3) is 4.52. The second kappa shape index (κ2) is 10.0. The predicted molar refractivity (Wildman–Crippen MR) is 141 cm³/mol. The van der Waals surface area contributed by atoms with Crippen LogP contribution in [0.25, 0.3) is 5.70 Å². The van der Waals surface area contributed by atoms with Crippen molar-refractivity contribution in [2.24, 2.45) is 10.2 Å². The van der Waals surface area contributed by atoms with Gasteiger partial charge in [0.25, 0.3) is 0 Å². The fourth-order valence-electron chi connectivity index (χ4n) is 5.43. The second-order valence-corrected chi connectivity index (χ2v) is 9.61. The van der Waals surface area contributed by atoms with Crippen LogP contribution in [0.5, 0.6) is 0 Å². The Kier molecular flexibility index (Phi) is 6.45. The predicted octanol–water partition coefficient (Wildman–Crippen LogP) is 3.31. The van der Waals surface area contributed by atoms with E-state index in [1.165, 1.54) is 5.69 Å². The molecule has 10 nitrogen and oxygen atoms in total. The summed E-state index contributed by atoms with van der Waals surface area (Å²) in [7, 11) is 0. The van der Waals surface area contributed by atoms with Crippen LogP contribution in [0.1, 0.15) is 34.5 Å². The number of hydrazine groups is 1. The lowest BCUT2D eigenvalue weighted by Gasteiger charge is -2.35. The van der Waals surface area contributed by atoms with Gasteiger partial charge in [-0.1, -0.05) is 31.2 Å². The lowest BCUT2D eigenvalue weighted by molar-refractivity contribution is 0.0207. The van der Waals surface area contributed by atoms with Gasteiger partial charge in [0.05, 0.1) is 30.0 Å². The minimum Gasteiger partial charge on any atom is -0.379 e. The van der Waals surface area contributed by atoms with Gasteiger partial charge in [-0.3, -0.25) is 10.2 Å². The van der Waals surface area contributed by atoms with Crippen LogP contribution < -0.4 is 15.6 Å². The van der Waals surface area contributed by atoms with Gasteiger partial charge >= 0.3 is 6.03 Å². The molecule has 3 aliphatic heterocycles. The zero-order chi connectivity index (χ0) is 25.4. The van der Waals surface area contributed by atoms with E-state index in [1.807, 2.05) is 24.3 Å². The Morgan fingerprint density at radius 2 is 1.78 bits per heavy atom. The molecule has 2 amide bonds. The Balaban J connectivity index is 1.21. The minimum absolute atomic E-state index is 0.137. The normalized spacial score (nSPS) is 21.8. The van der Waals surface area contributed by atoms with Crippen LogP contribution in [0.2, 0.25) is 0 Å². The number of nitrogens with one attached hydrogen (secondary N) is 2. The molecule has 1 aliphatic carbocycles. The van der Waals surface area contributed by atoms with Gasteiger partial charge in [-0.05, 0) is 30.3 Å². The number of fused-ring (bicyclic) bond motifs is 3. The summed E-state index contributed by atoms with van der Waals surface area (Å²) in [6.07, 6.45) is 0. The third-order valence-corrected chi connectivity index (χ3v) is 7.51. The minimum atomic E-state index is -0.441. The number of nitrogens with zero attached hydrogens (tertiary/aromatic N) is 5. The Bertz CT molecular complexity index is 1260. The monoisotopic (exact) mass is 501 g/mol. The van der Waals surface area contributed by atoms with Crippen molar-refractivity contribution < 1.29 is 14.3 Å². The average Bonchev–Trinajstić information content (AvgIpc) is 3.49. The average molecular weight is 502 g/mol. The molecule has 0 bridgehead atoms. The molecule has 0 radical (unpaired) electrons. The van der Waals surface area contributed by atoms with Gasteiger partial charge in [-0.2, -0.15) is 10.2 Å². The highest BCUT2D eigenvalue weighted by Gasteiger charge is 2.42. The number of piperazine rings is 1. The van der Waals surface area contributed by atoms with E-state index in [0.29, 0.717) is 48.8 Å². The molecule has 3 heterocycles. The topological polar surface area (TPSA) is 102 Å². The van der Waals surface area contributed by atoms with E-state index in [9.17, 15) is 9.59 Å². The van der Waals surface area contributed by atoms with Crippen molar-refractivity contribution in [1.29, 1.82) is 0 Å². The number of carbonyl (C=O) groups excluding carboxylic acids is 2. The number of Topliss-reactive ketones (excluding diaryl/α,β-unsaturated/α-hetero) is 1. The first kappa shape index (κ1) is 23.8. The molecule has 0 spiro atoms. The lowest BCUT2D eigenvalue weighted by atomic mass is 10.0. The summed E-state index contributed by atoms with van der Waals surface area (Å²) < 4.78 is 5.32. The first-order valence-electron chi connectivity index (χ1n) is 12.9. The van der Waals surface area contributed by atoms with Crippen LogP contribution in [0.4, 0.5) is 16.2 Å². The van der Waals surface area contributed by atoms with E-state index in [0.717, 1.165) is 43.9 Å². The molecule has 6 rings (SSSR count). The van der Waals surface area contributed by atoms with E-state index in [2.05, 4.69) is 49.8 Å². The van der Waals surface area contributed by atoms with E-state index >= 15 is 0 Å². The molecular formula is C27H31N7O3. The molecule has 37 heavy (non-hydrogen) atoms. The molecule has 2 aromatic rings. The molecule has 2 saturated heterocycles. The largest absolute Gasteiger partial charge is 0.379 e. The van der Waals surface area contributed by atoms with Crippen LogP contribution in [-0.4, -0.2) is 80.8 Å². The summed E-state index contributed by atoms with van der Waals surface area (Å²) >= 11 is 0.